The molecule has 4 nitrogen and oxygen atoms in total. The lowest BCUT2D eigenvalue weighted by Gasteiger charge is -2.25. The minimum absolute atomic E-state index is 0.00327. The highest BCUT2D eigenvalue weighted by Crippen LogP contribution is 2.29. The van der Waals surface area contributed by atoms with Crippen molar-refractivity contribution >= 4 is 5.78 Å². The van der Waals surface area contributed by atoms with Crippen LogP contribution in [0.15, 0.2) is 30.5 Å². The first kappa shape index (κ1) is 19.8. The van der Waals surface area contributed by atoms with Gasteiger partial charge in [-0.25, -0.2) is 4.98 Å². The molecule has 0 N–H and O–H groups in total. The molecule has 0 atom stereocenters. The molecule has 0 radical (unpaired) electrons. The zero-order valence-electron chi connectivity index (χ0n) is 17.3. The van der Waals surface area contributed by atoms with Gasteiger partial charge in [0.25, 0.3) is 0 Å². The second-order valence-electron chi connectivity index (χ2n) is 9.01. The predicted molar refractivity (Wildman–Crippen MR) is 109 cm³/mol. The van der Waals surface area contributed by atoms with Gasteiger partial charge in [-0.1, -0.05) is 52.8 Å². The molecule has 1 aliphatic rings. The maximum absolute atomic E-state index is 12.4. The van der Waals surface area contributed by atoms with Crippen molar-refractivity contribution in [3.05, 3.63) is 41.9 Å². The highest BCUT2D eigenvalue weighted by Gasteiger charge is 2.25. The standard InChI is InChI=1S/C23H32N2O2/c1-16(2)21(26)19-8-6-7-18(13-19)20-15-25(22(24-20)23(3,4)5)14-17-9-11-27-12-10-17/h6-8,13,15-17H,9-12,14H2,1-5H3. The number of Topliss-reactive ketones (excluding diaryl/α,β-unsaturated/α-hetero) is 1. The zero-order valence-corrected chi connectivity index (χ0v) is 17.3. The molecule has 3 rings (SSSR count). The Bertz CT molecular complexity index is 793. The average molecular weight is 369 g/mol. The Balaban J connectivity index is 1.94. The summed E-state index contributed by atoms with van der Waals surface area (Å²) >= 11 is 0. The Hall–Kier alpha value is -1.94. The average Bonchev–Trinajstić information content (AvgIpc) is 3.06. The third-order valence-corrected chi connectivity index (χ3v) is 5.21. The molecular formula is C23H32N2O2. The van der Waals surface area contributed by atoms with Gasteiger partial charge in [0.05, 0.1) is 5.69 Å². The molecule has 146 valence electrons. The molecule has 1 aliphatic heterocycles. The summed E-state index contributed by atoms with van der Waals surface area (Å²) in [6.45, 7) is 13.2. The summed E-state index contributed by atoms with van der Waals surface area (Å²) in [5.74, 6) is 1.91. The number of aromatic nitrogens is 2. The fourth-order valence-electron chi connectivity index (χ4n) is 3.66. The molecule has 0 amide bonds. The minimum Gasteiger partial charge on any atom is -0.381 e. The summed E-state index contributed by atoms with van der Waals surface area (Å²) < 4.78 is 7.83. The van der Waals surface area contributed by atoms with Gasteiger partial charge in [0.15, 0.2) is 5.78 Å². The van der Waals surface area contributed by atoms with E-state index in [9.17, 15) is 4.79 Å². The number of carbonyl (C=O) groups is 1. The Morgan fingerprint density at radius 1 is 1.26 bits per heavy atom. The van der Waals surface area contributed by atoms with Crippen molar-refractivity contribution in [1.29, 1.82) is 0 Å². The van der Waals surface area contributed by atoms with Crippen LogP contribution < -0.4 is 0 Å². The number of carbonyl (C=O) groups excluding carboxylic acids is 1. The minimum atomic E-state index is -0.0330. The molecule has 1 saturated heterocycles. The number of ketones is 1. The van der Waals surface area contributed by atoms with Crippen LogP contribution in [0.5, 0.6) is 0 Å². The van der Waals surface area contributed by atoms with Crippen molar-refractivity contribution in [2.45, 2.75) is 59.4 Å². The first-order valence-electron chi connectivity index (χ1n) is 10.1. The lowest BCUT2D eigenvalue weighted by atomic mass is 9.94. The third kappa shape index (κ3) is 4.67. The van der Waals surface area contributed by atoms with Gasteiger partial charge in [-0.15, -0.1) is 0 Å². The molecule has 0 bridgehead atoms. The molecule has 1 aromatic carbocycles. The third-order valence-electron chi connectivity index (χ3n) is 5.21. The second kappa shape index (κ2) is 7.97. The van der Waals surface area contributed by atoms with E-state index in [1.54, 1.807) is 0 Å². The first-order valence-corrected chi connectivity index (χ1v) is 10.1. The molecule has 1 fully saturated rings. The lowest BCUT2D eigenvalue weighted by molar-refractivity contribution is 0.0607. The Labute approximate surface area is 163 Å². The van der Waals surface area contributed by atoms with E-state index in [4.69, 9.17) is 9.72 Å². The van der Waals surface area contributed by atoms with E-state index in [0.29, 0.717) is 5.92 Å². The van der Waals surface area contributed by atoms with E-state index in [-0.39, 0.29) is 17.1 Å². The largest absolute Gasteiger partial charge is 0.381 e. The highest BCUT2D eigenvalue weighted by atomic mass is 16.5. The van der Waals surface area contributed by atoms with Gasteiger partial charge in [0, 0.05) is 48.4 Å². The first-order chi connectivity index (χ1) is 12.8. The smallest absolute Gasteiger partial charge is 0.165 e. The van der Waals surface area contributed by atoms with Crippen LogP contribution in [0.25, 0.3) is 11.3 Å². The van der Waals surface area contributed by atoms with Gasteiger partial charge in [-0.2, -0.15) is 0 Å². The van der Waals surface area contributed by atoms with Gasteiger partial charge < -0.3 is 9.30 Å². The van der Waals surface area contributed by atoms with Gasteiger partial charge >= 0.3 is 0 Å². The fourth-order valence-corrected chi connectivity index (χ4v) is 3.66. The van der Waals surface area contributed by atoms with Crippen molar-refractivity contribution in [1.82, 2.24) is 9.55 Å². The number of hydrogen-bond donors (Lipinski definition) is 0. The monoisotopic (exact) mass is 368 g/mol. The van der Waals surface area contributed by atoms with Crippen LogP contribution in [-0.2, 0) is 16.7 Å². The van der Waals surface area contributed by atoms with Crippen LogP contribution in [0.4, 0.5) is 0 Å². The highest BCUT2D eigenvalue weighted by molar-refractivity contribution is 5.98. The Kier molecular flexibility index (Phi) is 5.85. The van der Waals surface area contributed by atoms with Crippen molar-refractivity contribution in [2.24, 2.45) is 11.8 Å². The number of ether oxygens (including phenoxy) is 1. The predicted octanol–water partition coefficient (Wildman–Crippen LogP) is 5.11. The summed E-state index contributed by atoms with van der Waals surface area (Å²) in [5, 5.41) is 0. The molecule has 4 heteroatoms. The maximum Gasteiger partial charge on any atom is 0.165 e. The van der Waals surface area contributed by atoms with E-state index in [1.807, 2.05) is 38.1 Å². The van der Waals surface area contributed by atoms with Gasteiger partial charge in [-0.3, -0.25) is 4.79 Å². The van der Waals surface area contributed by atoms with Crippen molar-refractivity contribution < 1.29 is 9.53 Å². The number of nitrogens with zero attached hydrogens (tertiary/aromatic N) is 2. The summed E-state index contributed by atoms with van der Waals surface area (Å²) in [5.41, 5.74) is 2.69. The van der Waals surface area contributed by atoms with Crippen LogP contribution in [0.3, 0.4) is 0 Å². The van der Waals surface area contributed by atoms with E-state index < -0.39 is 0 Å². The Morgan fingerprint density at radius 2 is 1.96 bits per heavy atom. The van der Waals surface area contributed by atoms with Crippen molar-refractivity contribution in [3.63, 3.8) is 0 Å². The van der Waals surface area contributed by atoms with Crippen LogP contribution >= 0.6 is 0 Å². The summed E-state index contributed by atoms with van der Waals surface area (Å²) in [4.78, 5) is 17.4. The molecule has 27 heavy (non-hydrogen) atoms. The number of hydrogen-bond acceptors (Lipinski definition) is 3. The zero-order chi connectivity index (χ0) is 19.6. The number of imidazole rings is 1. The van der Waals surface area contributed by atoms with Crippen LogP contribution in [0, 0.1) is 11.8 Å². The molecule has 2 heterocycles. The maximum atomic E-state index is 12.4. The topological polar surface area (TPSA) is 44.1 Å². The molecule has 0 unspecified atom stereocenters. The van der Waals surface area contributed by atoms with Crippen molar-refractivity contribution in [3.8, 4) is 11.3 Å². The van der Waals surface area contributed by atoms with E-state index in [1.165, 1.54) is 0 Å². The molecule has 1 aromatic heterocycles. The molecule has 0 aliphatic carbocycles. The fraction of sp³-hybridized carbons (Fsp3) is 0.565. The van der Waals surface area contributed by atoms with Crippen LogP contribution in [0.1, 0.15) is 63.6 Å². The summed E-state index contributed by atoms with van der Waals surface area (Å²) in [6, 6.07) is 7.88. The van der Waals surface area contributed by atoms with Crippen molar-refractivity contribution in [2.75, 3.05) is 13.2 Å². The van der Waals surface area contributed by atoms with E-state index >= 15 is 0 Å². The van der Waals surface area contributed by atoms with Crippen LogP contribution in [0.2, 0.25) is 0 Å². The van der Waals surface area contributed by atoms with E-state index in [2.05, 4.69) is 31.5 Å². The quantitative estimate of drug-likeness (QED) is 0.689. The molecular weight excluding hydrogens is 336 g/mol. The number of benzene rings is 1. The molecule has 0 spiro atoms. The summed E-state index contributed by atoms with van der Waals surface area (Å²) in [7, 11) is 0. The normalized spacial score (nSPS) is 16.1. The molecule has 2 aromatic rings. The molecule has 0 saturated carbocycles. The Morgan fingerprint density at radius 3 is 2.59 bits per heavy atom. The summed E-state index contributed by atoms with van der Waals surface area (Å²) in [6.07, 6.45) is 4.37. The lowest BCUT2D eigenvalue weighted by Crippen LogP contribution is -2.24. The van der Waals surface area contributed by atoms with Crippen LogP contribution in [-0.4, -0.2) is 28.5 Å². The van der Waals surface area contributed by atoms with Gasteiger partial charge in [0.2, 0.25) is 0 Å². The van der Waals surface area contributed by atoms with Gasteiger partial charge in [0.1, 0.15) is 5.82 Å². The number of rotatable bonds is 5. The van der Waals surface area contributed by atoms with E-state index in [0.717, 1.165) is 55.2 Å². The SMILES string of the molecule is CC(C)C(=O)c1cccc(-c2cn(CC3CCOCC3)c(C(C)(C)C)n2)c1. The van der Waals surface area contributed by atoms with Gasteiger partial charge in [-0.05, 0) is 24.8 Å². The second-order valence-corrected chi connectivity index (χ2v) is 9.01.